The lowest BCUT2D eigenvalue weighted by Crippen LogP contribution is -1.97. The van der Waals surface area contributed by atoms with Crippen molar-refractivity contribution in [3.8, 4) is 11.5 Å². The minimum atomic E-state index is -1.05. The van der Waals surface area contributed by atoms with Crippen molar-refractivity contribution >= 4 is 33.5 Å². The van der Waals surface area contributed by atoms with Gasteiger partial charge in [0.2, 0.25) is 0 Å². The topological polar surface area (TPSA) is 46.5 Å². The number of carboxylic acids is 1. The maximum atomic E-state index is 13.7. The van der Waals surface area contributed by atoms with Crippen LogP contribution >= 0.6 is 27.5 Å². The molecule has 0 heterocycles. The number of hydrogen-bond acceptors (Lipinski definition) is 2. The molecule has 0 aliphatic heterocycles. The summed E-state index contributed by atoms with van der Waals surface area (Å²) >= 11 is 8.81. The number of halogens is 3. The molecule has 1 N–H and O–H groups in total. The second kappa shape index (κ2) is 5.59. The van der Waals surface area contributed by atoms with E-state index >= 15 is 0 Å². The molecule has 0 aliphatic rings. The number of benzene rings is 2. The first kappa shape index (κ1) is 13.8. The van der Waals surface area contributed by atoms with Crippen LogP contribution in [0.1, 0.15) is 10.4 Å². The van der Waals surface area contributed by atoms with Crippen molar-refractivity contribution in [1.29, 1.82) is 0 Å². The van der Waals surface area contributed by atoms with Crippen molar-refractivity contribution in [2.24, 2.45) is 0 Å². The van der Waals surface area contributed by atoms with E-state index in [0.717, 1.165) is 0 Å². The fourth-order valence-corrected chi connectivity index (χ4v) is 2.02. The highest BCUT2D eigenvalue weighted by Gasteiger charge is 2.12. The maximum absolute atomic E-state index is 13.7. The largest absolute Gasteiger partial charge is 0.478 e. The van der Waals surface area contributed by atoms with Gasteiger partial charge in [-0.1, -0.05) is 17.7 Å². The van der Waals surface area contributed by atoms with Gasteiger partial charge in [-0.2, -0.15) is 0 Å². The van der Waals surface area contributed by atoms with Gasteiger partial charge < -0.3 is 9.84 Å². The van der Waals surface area contributed by atoms with Crippen LogP contribution in [-0.2, 0) is 0 Å². The molecular formula is C13H7BrClFO3. The summed E-state index contributed by atoms with van der Waals surface area (Å²) in [6.45, 7) is 0. The first-order chi connectivity index (χ1) is 8.99. The molecule has 0 radical (unpaired) electrons. The van der Waals surface area contributed by atoms with E-state index in [2.05, 4.69) is 15.9 Å². The predicted octanol–water partition coefficient (Wildman–Crippen LogP) is 4.73. The van der Waals surface area contributed by atoms with E-state index in [1.54, 1.807) is 6.07 Å². The minimum Gasteiger partial charge on any atom is -0.478 e. The molecule has 0 aliphatic carbocycles. The maximum Gasteiger partial charge on any atom is 0.335 e. The summed E-state index contributed by atoms with van der Waals surface area (Å²) in [7, 11) is 0. The summed E-state index contributed by atoms with van der Waals surface area (Å²) in [5.41, 5.74) is 0.103. The average Bonchev–Trinajstić information content (AvgIpc) is 2.37. The third-order valence-corrected chi connectivity index (χ3v) is 3.23. The second-order valence-electron chi connectivity index (χ2n) is 3.60. The Kier molecular flexibility index (Phi) is 4.07. The fourth-order valence-electron chi connectivity index (χ4n) is 1.40. The molecule has 0 saturated heterocycles. The first-order valence-electron chi connectivity index (χ1n) is 5.13. The van der Waals surface area contributed by atoms with E-state index in [1.165, 1.54) is 30.3 Å². The number of carboxylic acid groups (broad SMARTS) is 1. The summed E-state index contributed by atoms with van der Waals surface area (Å²) < 4.78 is 19.4. The van der Waals surface area contributed by atoms with Crippen LogP contribution < -0.4 is 4.74 Å². The SMILES string of the molecule is O=C(O)c1ccc(Oc2cccc(Cl)c2F)c(Br)c1. The Morgan fingerprint density at radius 2 is 2.00 bits per heavy atom. The Morgan fingerprint density at radius 3 is 2.63 bits per heavy atom. The van der Waals surface area contributed by atoms with E-state index in [9.17, 15) is 9.18 Å². The zero-order valence-electron chi connectivity index (χ0n) is 9.36. The molecule has 0 spiro atoms. The van der Waals surface area contributed by atoms with Crippen LogP contribution in [0.15, 0.2) is 40.9 Å². The summed E-state index contributed by atoms with van der Waals surface area (Å²) in [5.74, 6) is -1.46. The molecule has 2 aromatic rings. The molecule has 2 aromatic carbocycles. The van der Waals surface area contributed by atoms with Crippen LogP contribution in [0.2, 0.25) is 5.02 Å². The van der Waals surface area contributed by atoms with E-state index in [0.29, 0.717) is 10.2 Å². The second-order valence-corrected chi connectivity index (χ2v) is 4.87. The standard InChI is InChI=1S/C13H7BrClFO3/c14-8-6-7(13(17)18)4-5-10(8)19-11-3-1-2-9(15)12(11)16/h1-6H,(H,17,18). The quantitative estimate of drug-likeness (QED) is 0.874. The van der Waals surface area contributed by atoms with Crippen molar-refractivity contribution < 1.29 is 19.0 Å². The van der Waals surface area contributed by atoms with Gasteiger partial charge in [0.05, 0.1) is 15.1 Å². The Bertz CT molecular complexity index is 646. The van der Waals surface area contributed by atoms with Crippen LogP contribution in [0.4, 0.5) is 4.39 Å². The van der Waals surface area contributed by atoms with Gasteiger partial charge in [0, 0.05) is 0 Å². The third-order valence-electron chi connectivity index (χ3n) is 2.31. The lowest BCUT2D eigenvalue weighted by atomic mass is 10.2. The van der Waals surface area contributed by atoms with E-state index in [4.69, 9.17) is 21.4 Å². The number of carbonyl (C=O) groups is 1. The van der Waals surface area contributed by atoms with Crippen molar-refractivity contribution in [2.75, 3.05) is 0 Å². The number of aromatic carboxylic acids is 1. The van der Waals surface area contributed by atoms with Gasteiger partial charge in [-0.05, 0) is 46.3 Å². The Hall–Kier alpha value is -1.59. The molecule has 6 heteroatoms. The molecular weight excluding hydrogens is 338 g/mol. The predicted molar refractivity (Wildman–Crippen MR) is 72.6 cm³/mol. The molecule has 98 valence electrons. The van der Waals surface area contributed by atoms with Crippen LogP contribution in [0, 0.1) is 5.82 Å². The van der Waals surface area contributed by atoms with E-state index in [-0.39, 0.29) is 16.3 Å². The molecule has 0 aromatic heterocycles. The molecule has 19 heavy (non-hydrogen) atoms. The molecule has 0 unspecified atom stereocenters. The Balaban J connectivity index is 2.34. The van der Waals surface area contributed by atoms with Gasteiger partial charge in [-0.15, -0.1) is 0 Å². The van der Waals surface area contributed by atoms with Gasteiger partial charge >= 0.3 is 5.97 Å². The van der Waals surface area contributed by atoms with Crippen molar-refractivity contribution in [3.63, 3.8) is 0 Å². The number of ether oxygens (including phenoxy) is 1. The van der Waals surface area contributed by atoms with Crippen molar-refractivity contribution in [3.05, 3.63) is 57.3 Å². The molecule has 0 bridgehead atoms. The Morgan fingerprint density at radius 1 is 1.26 bits per heavy atom. The van der Waals surface area contributed by atoms with Gasteiger partial charge in [0.15, 0.2) is 11.6 Å². The van der Waals surface area contributed by atoms with Crippen LogP contribution in [-0.4, -0.2) is 11.1 Å². The van der Waals surface area contributed by atoms with E-state index in [1.807, 2.05) is 0 Å². The summed E-state index contributed by atoms with van der Waals surface area (Å²) in [6.07, 6.45) is 0. The van der Waals surface area contributed by atoms with Gasteiger partial charge in [-0.25, -0.2) is 9.18 Å². The lowest BCUT2D eigenvalue weighted by molar-refractivity contribution is 0.0697. The van der Waals surface area contributed by atoms with Crippen LogP contribution in [0.25, 0.3) is 0 Å². The van der Waals surface area contributed by atoms with Crippen LogP contribution in [0.5, 0.6) is 11.5 Å². The Labute approximate surface area is 121 Å². The van der Waals surface area contributed by atoms with Gasteiger partial charge in [0.25, 0.3) is 0 Å². The molecule has 0 saturated carbocycles. The normalized spacial score (nSPS) is 10.3. The lowest BCUT2D eigenvalue weighted by Gasteiger charge is -2.09. The highest BCUT2D eigenvalue weighted by Crippen LogP contribution is 2.33. The monoisotopic (exact) mass is 344 g/mol. The third kappa shape index (κ3) is 3.05. The summed E-state index contributed by atoms with van der Waals surface area (Å²) in [5, 5.41) is 8.79. The summed E-state index contributed by atoms with van der Waals surface area (Å²) in [4.78, 5) is 10.8. The zero-order valence-corrected chi connectivity index (χ0v) is 11.7. The average molecular weight is 346 g/mol. The number of rotatable bonds is 3. The first-order valence-corrected chi connectivity index (χ1v) is 6.31. The number of hydrogen-bond donors (Lipinski definition) is 1. The fraction of sp³-hybridized carbons (Fsp3) is 0. The molecule has 0 fully saturated rings. The van der Waals surface area contributed by atoms with Gasteiger partial charge in [-0.3, -0.25) is 0 Å². The smallest absolute Gasteiger partial charge is 0.335 e. The van der Waals surface area contributed by atoms with Crippen molar-refractivity contribution in [1.82, 2.24) is 0 Å². The van der Waals surface area contributed by atoms with Crippen molar-refractivity contribution in [2.45, 2.75) is 0 Å². The molecule has 0 amide bonds. The highest BCUT2D eigenvalue weighted by molar-refractivity contribution is 9.10. The van der Waals surface area contributed by atoms with Crippen LogP contribution in [0.3, 0.4) is 0 Å². The summed E-state index contributed by atoms with van der Waals surface area (Å²) in [6, 6.07) is 8.57. The highest BCUT2D eigenvalue weighted by atomic mass is 79.9. The van der Waals surface area contributed by atoms with E-state index < -0.39 is 11.8 Å². The molecule has 2 rings (SSSR count). The molecule has 3 nitrogen and oxygen atoms in total. The molecule has 0 atom stereocenters. The minimum absolute atomic E-state index is 0.0312. The zero-order chi connectivity index (χ0) is 14.0. The van der Waals surface area contributed by atoms with Gasteiger partial charge in [0.1, 0.15) is 5.75 Å².